The second-order valence-corrected chi connectivity index (χ2v) is 5.68. The molecule has 6 heteroatoms. The molecule has 2 aliphatic rings. The molecule has 0 radical (unpaired) electrons. The number of hydrogen-bond acceptors (Lipinski definition) is 4. The fraction of sp³-hybridized carbons (Fsp3) is 0.429. The Labute approximate surface area is 121 Å². The van der Waals surface area contributed by atoms with Crippen molar-refractivity contribution in [2.45, 2.75) is 18.9 Å². The second kappa shape index (κ2) is 6.37. The number of rotatable bonds is 3. The Morgan fingerprint density at radius 1 is 1.45 bits per heavy atom. The summed E-state index contributed by atoms with van der Waals surface area (Å²) in [6.45, 7) is 1.51. The van der Waals surface area contributed by atoms with Gasteiger partial charge in [0.1, 0.15) is 5.82 Å². The van der Waals surface area contributed by atoms with Gasteiger partial charge in [-0.25, -0.2) is 4.39 Å². The van der Waals surface area contributed by atoms with Crippen LogP contribution in [0.4, 0.5) is 4.39 Å². The first kappa shape index (κ1) is 13.6. The quantitative estimate of drug-likeness (QED) is 0.931. The Bertz CT molecular complexity index is 541. The van der Waals surface area contributed by atoms with Gasteiger partial charge in [-0.2, -0.15) is 5.10 Å². The Hall–Kier alpha value is -1.40. The van der Waals surface area contributed by atoms with Gasteiger partial charge in [0.25, 0.3) is 0 Å². The van der Waals surface area contributed by atoms with E-state index in [1.807, 2.05) is 6.07 Å². The highest BCUT2D eigenvalue weighted by atomic mass is 32.2. The lowest BCUT2D eigenvalue weighted by molar-refractivity contribution is 0.118. The Morgan fingerprint density at radius 2 is 2.35 bits per heavy atom. The zero-order valence-corrected chi connectivity index (χ0v) is 11.8. The molecule has 1 aromatic rings. The molecule has 20 heavy (non-hydrogen) atoms. The van der Waals surface area contributed by atoms with Crippen LogP contribution in [0.2, 0.25) is 0 Å². The van der Waals surface area contributed by atoms with Crippen molar-refractivity contribution in [2.24, 2.45) is 10.1 Å². The van der Waals surface area contributed by atoms with Crippen LogP contribution in [0, 0.1) is 5.82 Å². The molecular formula is C14H16FN3OS. The molecule has 1 N–H and O–H groups in total. The molecule has 0 saturated carbocycles. The third kappa shape index (κ3) is 3.19. The number of hydrazone groups is 1. The summed E-state index contributed by atoms with van der Waals surface area (Å²) in [6, 6.07) is 6.68. The van der Waals surface area contributed by atoms with Gasteiger partial charge in [0.2, 0.25) is 0 Å². The molecule has 2 heterocycles. The number of hydrogen-bond donors (Lipinski definition) is 1. The highest BCUT2D eigenvalue weighted by Crippen LogP contribution is 2.17. The summed E-state index contributed by atoms with van der Waals surface area (Å²) in [5.41, 5.74) is 4.16. The smallest absolute Gasteiger partial charge is 0.177 e. The Morgan fingerprint density at radius 3 is 3.05 bits per heavy atom. The molecule has 1 fully saturated rings. The van der Waals surface area contributed by atoms with Gasteiger partial charge < -0.3 is 4.74 Å². The van der Waals surface area contributed by atoms with Gasteiger partial charge in [-0.05, 0) is 18.9 Å². The normalized spacial score (nSPS) is 24.6. The van der Waals surface area contributed by atoms with Gasteiger partial charge >= 0.3 is 0 Å². The van der Waals surface area contributed by atoms with Crippen molar-refractivity contribution in [3.8, 4) is 0 Å². The number of benzene rings is 1. The summed E-state index contributed by atoms with van der Waals surface area (Å²) in [5, 5.41) is 5.00. The lowest BCUT2D eigenvalue weighted by Crippen LogP contribution is -2.27. The summed E-state index contributed by atoms with van der Waals surface area (Å²) in [7, 11) is 0. The van der Waals surface area contributed by atoms with Gasteiger partial charge in [0.05, 0.1) is 18.4 Å². The molecule has 2 aliphatic heterocycles. The van der Waals surface area contributed by atoms with Crippen molar-refractivity contribution in [3.63, 3.8) is 0 Å². The number of nitrogens with zero attached hydrogens (tertiary/aromatic N) is 2. The first-order valence-electron chi connectivity index (χ1n) is 6.69. The Balaban J connectivity index is 1.62. The molecule has 1 saturated heterocycles. The average Bonchev–Trinajstić information content (AvgIpc) is 3.00. The topological polar surface area (TPSA) is 46.0 Å². The minimum absolute atomic E-state index is 0.238. The lowest BCUT2D eigenvalue weighted by Gasteiger charge is -2.16. The molecule has 0 unspecified atom stereocenters. The van der Waals surface area contributed by atoms with Gasteiger partial charge in [-0.15, -0.1) is 0 Å². The first-order chi connectivity index (χ1) is 9.83. The van der Waals surface area contributed by atoms with Gasteiger partial charge in [-0.3, -0.25) is 10.4 Å². The highest BCUT2D eigenvalue weighted by Gasteiger charge is 2.18. The van der Waals surface area contributed by atoms with E-state index < -0.39 is 0 Å². The van der Waals surface area contributed by atoms with Gasteiger partial charge in [-0.1, -0.05) is 30.0 Å². The molecule has 1 aromatic carbocycles. The molecule has 3 rings (SSSR count). The van der Waals surface area contributed by atoms with E-state index in [0.29, 0.717) is 23.6 Å². The van der Waals surface area contributed by atoms with Crippen molar-refractivity contribution in [1.29, 1.82) is 0 Å². The number of ether oxygens (including phenoxy) is 1. The molecule has 0 bridgehead atoms. The predicted molar refractivity (Wildman–Crippen MR) is 79.8 cm³/mol. The van der Waals surface area contributed by atoms with Crippen LogP contribution in [0.25, 0.3) is 0 Å². The Kier molecular flexibility index (Phi) is 4.32. The van der Waals surface area contributed by atoms with Crippen molar-refractivity contribution in [2.75, 3.05) is 18.9 Å². The summed E-state index contributed by atoms with van der Waals surface area (Å²) < 4.78 is 19.2. The SMILES string of the molecule is Fc1ccccc1C1=NNC(=NC[C@@H]2CCCO2)SC1. The minimum Gasteiger partial charge on any atom is -0.376 e. The molecule has 0 aromatic heterocycles. The van der Waals surface area contributed by atoms with Crippen LogP contribution in [-0.4, -0.2) is 35.9 Å². The van der Waals surface area contributed by atoms with Crippen molar-refractivity contribution >= 4 is 22.6 Å². The van der Waals surface area contributed by atoms with Crippen LogP contribution < -0.4 is 5.43 Å². The summed E-state index contributed by atoms with van der Waals surface area (Å²) >= 11 is 1.54. The summed E-state index contributed by atoms with van der Waals surface area (Å²) in [6.07, 6.45) is 2.43. The summed E-state index contributed by atoms with van der Waals surface area (Å²) in [4.78, 5) is 4.46. The van der Waals surface area contributed by atoms with E-state index in [9.17, 15) is 4.39 Å². The lowest BCUT2D eigenvalue weighted by atomic mass is 10.1. The first-order valence-corrected chi connectivity index (χ1v) is 7.68. The molecule has 0 amide bonds. The highest BCUT2D eigenvalue weighted by molar-refractivity contribution is 8.14. The molecule has 4 nitrogen and oxygen atoms in total. The maximum Gasteiger partial charge on any atom is 0.177 e. The van der Waals surface area contributed by atoms with Crippen molar-refractivity contribution in [1.82, 2.24) is 5.43 Å². The molecule has 1 atom stereocenters. The minimum atomic E-state index is -0.242. The van der Waals surface area contributed by atoms with Crippen LogP contribution in [-0.2, 0) is 4.74 Å². The standard InChI is InChI=1S/C14H16FN3OS/c15-12-6-2-1-5-11(12)13-9-20-14(18-17-13)16-8-10-4-3-7-19-10/h1-2,5-6,10H,3-4,7-9H2,(H,16,18)/t10-/m0/s1. The van der Waals surface area contributed by atoms with E-state index in [4.69, 9.17) is 4.74 Å². The monoisotopic (exact) mass is 293 g/mol. The fourth-order valence-corrected chi connectivity index (χ4v) is 2.97. The third-order valence-corrected chi connectivity index (χ3v) is 4.19. The summed E-state index contributed by atoms with van der Waals surface area (Å²) in [5.74, 6) is 0.381. The maximum atomic E-state index is 13.7. The van der Waals surface area contributed by atoms with Gasteiger partial charge in [0, 0.05) is 17.9 Å². The fourth-order valence-electron chi connectivity index (χ4n) is 2.20. The van der Waals surface area contributed by atoms with Crippen LogP contribution >= 0.6 is 11.8 Å². The zero-order valence-electron chi connectivity index (χ0n) is 11.0. The number of halogens is 1. The molecule has 106 valence electrons. The van der Waals surface area contributed by atoms with E-state index in [1.165, 1.54) is 6.07 Å². The van der Waals surface area contributed by atoms with Gasteiger partial charge in [0.15, 0.2) is 5.17 Å². The van der Waals surface area contributed by atoms with E-state index in [-0.39, 0.29) is 11.9 Å². The number of amidine groups is 1. The number of thioether (sulfide) groups is 1. The van der Waals surface area contributed by atoms with Crippen molar-refractivity contribution < 1.29 is 9.13 Å². The molecular weight excluding hydrogens is 277 g/mol. The maximum absolute atomic E-state index is 13.7. The van der Waals surface area contributed by atoms with E-state index in [0.717, 1.165) is 24.6 Å². The van der Waals surface area contributed by atoms with Crippen molar-refractivity contribution in [3.05, 3.63) is 35.6 Å². The van der Waals surface area contributed by atoms with E-state index >= 15 is 0 Å². The van der Waals surface area contributed by atoms with E-state index in [1.54, 1.807) is 23.9 Å². The molecule has 0 aliphatic carbocycles. The van der Waals surface area contributed by atoms with Crippen LogP contribution in [0.3, 0.4) is 0 Å². The second-order valence-electron chi connectivity index (χ2n) is 4.72. The molecule has 0 spiro atoms. The van der Waals surface area contributed by atoms with Crippen LogP contribution in [0.15, 0.2) is 34.4 Å². The van der Waals surface area contributed by atoms with Crippen LogP contribution in [0.1, 0.15) is 18.4 Å². The zero-order chi connectivity index (χ0) is 13.8. The third-order valence-electron chi connectivity index (χ3n) is 3.28. The number of nitrogens with one attached hydrogen (secondary N) is 1. The average molecular weight is 293 g/mol. The van der Waals surface area contributed by atoms with Crippen LogP contribution in [0.5, 0.6) is 0 Å². The largest absolute Gasteiger partial charge is 0.376 e. The number of aliphatic imine (C=N–C) groups is 1. The predicted octanol–water partition coefficient (Wildman–Crippen LogP) is 2.40. The van der Waals surface area contributed by atoms with E-state index in [2.05, 4.69) is 15.5 Å².